The average Bonchev–Trinajstić information content (AvgIpc) is 2.68. The van der Waals surface area contributed by atoms with Crippen molar-refractivity contribution in [1.82, 2.24) is 14.8 Å². The maximum absolute atomic E-state index is 4.48. The predicted octanol–water partition coefficient (Wildman–Crippen LogP) is 3.07. The molecule has 0 fully saturated rings. The van der Waals surface area contributed by atoms with Crippen LogP contribution in [0.25, 0.3) is 11.4 Å². The molecule has 4 nitrogen and oxygen atoms in total. The highest BCUT2D eigenvalue weighted by molar-refractivity contribution is 9.10. The van der Waals surface area contributed by atoms with E-state index < -0.39 is 0 Å². The number of benzene rings is 1. The van der Waals surface area contributed by atoms with Gasteiger partial charge in [0.15, 0.2) is 5.82 Å². The van der Waals surface area contributed by atoms with Gasteiger partial charge in [0.1, 0.15) is 0 Å². The zero-order valence-corrected chi connectivity index (χ0v) is 11.5. The predicted molar refractivity (Wildman–Crippen MR) is 72.9 cm³/mol. The molecule has 0 radical (unpaired) electrons. The van der Waals surface area contributed by atoms with Gasteiger partial charge in [-0.2, -0.15) is 4.98 Å². The zero-order chi connectivity index (χ0) is 12.3. The summed E-state index contributed by atoms with van der Waals surface area (Å²) in [4.78, 5) is 4.48. The number of nitrogens with zero attached hydrogens (tertiary/aromatic N) is 3. The maximum atomic E-state index is 4.48. The van der Waals surface area contributed by atoms with Gasteiger partial charge >= 0.3 is 0 Å². The van der Waals surface area contributed by atoms with E-state index in [1.165, 1.54) is 0 Å². The molecule has 0 unspecified atom stereocenters. The summed E-state index contributed by atoms with van der Waals surface area (Å²) in [6.45, 7) is 3.01. The van der Waals surface area contributed by atoms with Crippen molar-refractivity contribution >= 4 is 21.9 Å². The van der Waals surface area contributed by atoms with E-state index in [-0.39, 0.29) is 0 Å². The number of nitrogens with one attached hydrogen (secondary N) is 1. The number of halogens is 1. The van der Waals surface area contributed by atoms with Crippen LogP contribution in [0.1, 0.15) is 13.3 Å². The summed E-state index contributed by atoms with van der Waals surface area (Å²) >= 11 is 3.46. The second kappa shape index (κ2) is 5.31. The monoisotopic (exact) mass is 294 g/mol. The Morgan fingerprint density at radius 2 is 2.24 bits per heavy atom. The Morgan fingerprint density at radius 3 is 2.94 bits per heavy atom. The Bertz CT molecular complexity index is 507. The van der Waals surface area contributed by atoms with E-state index in [1.807, 2.05) is 31.3 Å². The number of hydrogen-bond donors (Lipinski definition) is 1. The second-order valence-electron chi connectivity index (χ2n) is 3.82. The fourth-order valence-electron chi connectivity index (χ4n) is 1.58. The van der Waals surface area contributed by atoms with Crippen molar-refractivity contribution in [2.24, 2.45) is 7.05 Å². The van der Waals surface area contributed by atoms with Crippen molar-refractivity contribution in [2.75, 3.05) is 11.9 Å². The molecule has 1 aromatic heterocycles. The molecule has 0 bridgehead atoms. The minimum Gasteiger partial charge on any atom is -0.353 e. The molecular weight excluding hydrogens is 280 g/mol. The van der Waals surface area contributed by atoms with Crippen molar-refractivity contribution in [3.8, 4) is 11.4 Å². The van der Waals surface area contributed by atoms with Crippen LogP contribution >= 0.6 is 15.9 Å². The van der Waals surface area contributed by atoms with Gasteiger partial charge in [-0.3, -0.25) is 0 Å². The lowest BCUT2D eigenvalue weighted by Gasteiger charge is -1.99. The Morgan fingerprint density at radius 1 is 1.41 bits per heavy atom. The summed E-state index contributed by atoms with van der Waals surface area (Å²) in [5, 5.41) is 7.52. The first-order valence-corrected chi connectivity index (χ1v) is 6.41. The molecule has 0 spiro atoms. The van der Waals surface area contributed by atoms with Gasteiger partial charge in [-0.15, -0.1) is 5.10 Å². The van der Waals surface area contributed by atoms with E-state index >= 15 is 0 Å². The third-order valence-corrected chi connectivity index (χ3v) is 2.87. The van der Waals surface area contributed by atoms with Gasteiger partial charge in [0, 0.05) is 23.6 Å². The Labute approximate surface area is 109 Å². The molecule has 0 aliphatic heterocycles. The molecule has 90 valence electrons. The fourth-order valence-corrected chi connectivity index (χ4v) is 1.97. The van der Waals surface area contributed by atoms with Gasteiger partial charge in [-0.05, 0) is 18.6 Å². The van der Waals surface area contributed by atoms with E-state index in [0.717, 1.165) is 28.8 Å². The molecular formula is C12H15BrN4. The lowest BCUT2D eigenvalue weighted by atomic mass is 10.2. The topological polar surface area (TPSA) is 42.7 Å². The van der Waals surface area contributed by atoms with Gasteiger partial charge in [-0.1, -0.05) is 35.0 Å². The highest BCUT2D eigenvalue weighted by Crippen LogP contribution is 2.21. The summed E-state index contributed by atoms with van der Waals surface area (Å²) in [7, 11) is 1.90. The smallest absolute Gasteiger partial charge is 0.242 e. The van der Waals surface area contributed by atoms with Gasteiger partial charge in [0.2, 0.25) is 5.95 Å². The molecule has 1 heterocycles. The molecule has 0 aliphatic carbocycles. The van der Waals surface area contributed by atoms with Crippen molar-refractivity contribution in [2.45, 2.75) is 13.3 Å². The van der Waals surface area contributed by atoms with E-state index in [2.05, 4.69) is 38.3 Å². The first-order valence-electron chi connectivity index (χ1n) is 5.61. The maximum Gasteiger partial charge on any atom is 0.242 e. The summed E-state index contributed by atoms with van der Waals surface area (Å²) in [5.74, 6) is 1.55. The van der Waals surface area contributed by atoms with Gasteiger partial charge in [0.25, 0.3) is 0 Å². The van der Waals surface area contributed by atoms with Gasteiger partial charge in [0.05, 0.1) is 0 Å². The average molecular weight is 295 g/mol. The van der Waals surface area contributed by atoms with E-state index in [9.17, 15) is 0 Å². The van der Waals surface area contributed by atoms with E-state index in [1.54, 1.807) is 4.68 Å². The van der Waals surface area contributed by atoms with Crippen LogP contribution in [-0.2, 0) is 7.05 Å². The molecule has 0 atom stereocenters. The second-order valence-corrected chi connectivity index (χ2v) is 4.74. The summed E-state index contributed by atoms with van der Waals surface area (Å²) in [6.07, 6.45) is 1.06. The normalized spacial score (nSPS) is 10.5. The highest BCUT2D eigenvalue weighted by atomic mass is 79.9. The van der Waals surface area contributed by atoms with Gasteiger partial charge < -0.3 is 5.32 Å². The standard InChI is InChI=1S/C12H15BrN4/c1-3-7-14-12-15-11(17(2)16-12)9-5-4-6-10(13)8-9/h4-6,8H,3,7H2,1-2H3,(H,14,16). The number of aromatic nitrogens is 3. The van der Waals surface area contributed by atoms with E-state index in [4.69, 9.17) is 0 Å². The first kappa shape index (κ1) is 12.1. The molecule has 0 aliphatic rings. The first-order chi connectivity index (χ1) is 8.20. The molecule has 0 amide bonds. The molecule has 0 saturated carbocycles. The Kier molecular flexibility index (Phi) is 3.78. The van der Waals surface area contributed by atoms with Crippen LogP contribution in [0.3, 0.4) is 0 Å². The molecule has 1 N–H and O–H groups in total. The van der Waals surface area contributed by atoms with Crippen LogP contribution < -0.4 is 5.32 Å². The fraction of sp³-hybridized carbons (Fsp3) is 0.333. The Balaban J connectivity index is 2.29. The number of aryl methyl sites for hydroxylation is 1. The van der Waals surface area contributed by atoms with Crippen LogP contribution in [0.2, 0.25) is 0 Å². The molecule has 1 aromatic carbocycles. The molecule has 2 aromatic rings. The van der Waals surface area contributed by atoms with Crippen molar-refractivity contribution in [3.63, 3.8) is 0 Å². The Hall–Kier alpha value is -1.36. The van der Waals surface area contributed by atoms with Crippen molar-refractivity contribution in [3.05, 3.63) is 28.7 Å². The summed E-state index contributed by atoms with van der Waals surface area (Å²) < 4.78 is 2.83. The SMILES string of the molecule is CCCNc1nc(-c2cccc(Br)c2)n(C)n1. The number of anilines is 1. The number of hydrogen-bond acceptors (Lipinski definition) is 3. The highest BCUT2D eigenvalue weighted by Gasteiger charge is 2.08. The largest absolute Gasteiger partial charge is 0.353 e. The van der Waals surface area contributed by atoms with E-state index in [0.29, 0.717) is 5.95 Å². The molecule has 17 heavy (non-hydrogen) atoms. The summed E-state index contributed by atoms with van der Waals surface area (Å²) in [6, 6.07) is 8.05. The van der Waals surface area contributed by atoms with Gasteiger partial charge in [-0.25, -0.2) is 4.68 Å². The minimum atomic E-state index is 0.685. The van der Waals surface area contributed by atoms with Crippen LogP contribution in [-0.4, -0.2) is 21.3 Å². The number of rotatable bonds is 4. The van der Waals surface area contributed by atoms with Crippen LogP contribution in [0.4, 0.5) is 5.95 Å². The van der Waals surface area contributed by atoms with Crippen molar-refractivity contribution in [1.29, 1.82) is 0 Å². The minimum absolute atomic E-state index is 0.685. The van der Waals surface area contributed by atoms with Crippen LogP contribution in [0, 0.1) is 0 Å². The van der Waals surface area contributed by atoms with Crippen molar-refractivity contribution < 1.29 is 0 Å². The third kappa shape index (κ3) is 2.85. The lowest BCUT2D eigenvalue weighted by molar-refractivity contribution is 0.774. The van der Waals surface area contributed by atoms with Crippen LogP contribution in [0.5, 0.6) is 0 Å². The summed E-state index contributed by atoms with van der Waals surface area (Å²) in [5.41, 5.74) is 1.05. The van der Waals surface area contributed by atoms with Crippen LogP contribution in [0.15, 0.2) is 28.7 Å². The molecule has 0 saturated heterocycles. The lowest BCUT2D eigenvalue weighted by Crippen LogP contribution is -2.01. The zero-order valence-electron chi connectivity index (χ0n) is 9.94. The molecule has 2 rings (SSSR count). The third-order valence-electron chi connectivity index (χ3n) is 2.38. The quantitative estimate of drug-likeness (QED) is 0.942. The molecule has 5 heteroatoms.